The Balaban J connectivity index is 1.97. The standard InChI is InChI=1S/C23H23NO3S/c1-15(25)19-9-7-18(14-21(19)24-16(2)26)6-5-17-8-10-22-20(13-17)23(3,4)11-12-28(22)27/h7-10,13-14H,11-12H2,1-4H3,(H,24,26). The second-order valence-corrected chi connectivity index (χ2v) is 9.18. The van der Waals surface area contributed by atoms with Crippen molar-refractivity contribution in [2.75, 3.05) is 11.1 Å². The number of fused-ring (bicyclic) bond motifs is 1. The number of carbonyl (C=O) groups is 2. The quantitative estimate of drug-likeness (QED) is 0.619. The molecule has 2 aromatic carbocycles. The fraction of sp³-hybridized carbons (Fsp3) is 0.304. The number of Topliss-reactive ketones (excluding diaryl/α,β-unsaturated/α-hetero) is 1. The van der Waals surface area contributed by atoms with E-state index in [9.17, 15) is 13.8 Å². The van der Waals surface area contributed by atoms with Crippen LogP contribution >= 0.6 is 0 Å². The first-order chi connectivity index (χ1) is 13.2. The Hall–Kier alpha value is -2.71. The molecule has 0 radical (unpaired) electrons. The molecule has 5 heteroatoms. The van der Waals surface area contributed by atoms with E-state index in [1.165, 1.54) is 13.8 Å². The zero-order valence-electron chi connectivity index (χ0n) is 16.5. The van der Waals surface area contributed by atoms with Crippen molar-refractivity contribution in [3.8, 4) is 11.8 Å². The third-order valence-electron chi connectivity index (χ3n) is 4.93. The summed E-state index contributed by atoms with van der Waals surface area (Å²) < 4.78 is 12.3. The molecule has 1 amide bonds. The minimum absolute atomic E-state index is 0.0252. The molecule has 1 unspecified atom stereocenters. The van der Waals surface area contributed by atoms with Crippen LogP contribution in [0.15, 0.2) is 41.3 Å². The van der Waals surface area contributed by atoms with E-state index in [1.807, 2.05) is 18.2 Å². The Kier molecular flexibility index (Phi) is 5.53. The van der Waals surface area contributed by atoms with Crippen LogP contribution < -0.4 is 5.32 Å². The van der Waals surface area contributed by atoms with Crippen molar-refractivity contribution >= 4 is 28.2 Å². The van der Waals surface area contributed by atoms with Crippen molar-refractivity contribution in [3.63, 3.8) is 0 Å². The van der Waals surface area contributed by atoms with Crippen molar-refractivity contribution in [1.29, 1.82) is 0 Å². The zero-order chi connectivity index (χ0) is 20.5. The van der Waals surface area contributed by atoms with E-state index in [4.69, 9.17) is 0 Å². The lowest BCUT2D eigenvalue weighted by molar-refractivity contribution is -0.114. The van der Waals surface area contributed by atoms with Gasteiger partial charge < -0.3 is 5.32 Å². The topological polar surface area (TPSA) is 63.2 Å². The monoisotopic (exact) mass is 393 g/mol. The highest BCUT2D eigenvalue weighted by molar-refractivity contribution is 7.85. The van der Waals surface area contributed by atoms with Crippen molar-refractivity contribution in [2.24, 2.45) is 0 Å². The first-order valence-corrected chi connectivity index (χ1v) is 10.5. The van der Waals surface area contributed by atoms with E-state index in [1.54, 1.807) is 18.2 Å². The summed E-state index contributed by atoms with van der Waals surface area (Å²) in [6.45, 7) is 7.20. The zero-order valence-corrected chi connectivity index (χ0v) is 17.3. The number of hydrogen-bond acceptors (Lipinski definition) is 3. The van der Waals surface area contributed by atoms with Gasteiger partial charge in [0, 0.05) is 34.3 Å². The van der Waals surface area contributed by atoms with Crippen molar-refractivity contribution < 1.29 is 13.8 Å². The summed E-state index contributed by atoms with van der Waals surface area (Å²) in [5, 5.41) is 2.69. The molecule has 0 fully saturated rings. The summed E-state index contributed by atoms with van der Waals surface area (Å²) in [5.74, 6) is 6.58. The highest BCUT2D eigenvalue weighted by Gasteiger charge is 2.31. The molecule has 0 aromatic heterocycles. The molecule has 1 aliphatic heterocycles. The molecule has 4 nitrogen and oxygen atoms in total. The van der Waals surface area contributed by atoms with E-state index in [0.717, 1.165) is 22.4 Å². The Morgan fingerprint density at radius 1 is 1.04 bits per heavy atom. The number of hydrogen-bond donors (Lipinski definition) is 1. The summed E-state index contributed by atoms with van der Waals surface area (Å²) in [6, 6.07) is 11.0. The molecule has 3 rings (SSSR count). The molecule has 1 aliphatic rings. The molecule has 144 valence electrons. The van der Waals surface area contributed by atoms with Gasteiger partial charge in [0.05, 0.1) is 16.5 Å². The van der Waals surface area contributed by atoms with Gasteiger partial charge in [0.2, 0.25) is 5.91 Å². The second kappa shape index (κ2) is 7.73. The molecule has 1 atom stereocenters. The number of nitrogens with one attached hydrogen (secondary N) is 1. The van der Waals surface area contributed by atoms with Crippen LogP contribution in [0.2, 0.25) is 0 Å². The van der Waals surface area contributed by atoms with Gasteiger partial charge in [-0.2, -0.15) is 0 Å². The van der Waals surface area contributed by atoms with Crippen LogP contribution in [-0.4, -0.2) is 21.7 Å². The normalized spacial score (nSPS) is 17.1. The molecule has 28 heavy (non-hydrogen) atoms. The van der Waals surface area contributed by atoms with Crippen molar-refractivity contribution in [1.82, 2.24) is 0 Å². The maximum absolute atomic E-state index is 12.3. The van der Waals surface area contributed by atoms with Crippen LogP contribution in [0.1, 0.15) is 61.2 Å². The summed E-state index contributed by atoms with van der Waals surface area (Å²) in [5.41, 5.74) is 3.54. The maximum Gasteiger partial charge on any atom is 0.221 e. The number of ketones is 1. The SMILES string of the molecule is CC(=O)Nc1cc(C#Cc2ccc3c(c2)C(C)(C)CCS3=O)ccc1C(C)=O. The molecule has 0 saturated carbocycles. The Morgan fingerprint density at radius 3 is 2.32 bits per heavy atom. The van der Waals surface area contributed by atoms with Gasteiger partial charge in [0.1, 0.15) is 0 Å². The van der Waals surface area contributed by atoms with E-state index in [0.29, 0.717) is 22.6 Å². The van der Waals surface area contributed by atoms with Crippen LogP contribution in [0.25, 0.3) is 0 Å². The number of benzene rings is 2. The molecule has 1 N–H and O–H groups in total. The fourth-order valence-electron chi connectivity index (χ4n) is 3.29. The molecule has 0 aliphatic carbocycles. The third-order valence-corrected chi connectivity index (χ3v) is 6.35. The second-order valence-electron chi connectivity index (χ2n) is 7.64. The van der Waals surface area contributed by atoms with Crippen LogP contribution in [-0.2, 0) is 21.0 Å². The Labute approximate surface area is 168 Å². The van der Waals surface area contributed by atoms with Gasteiger partial charge in [-0.1, -0.05) is 25.7 Å². The molecular weight excluding hydrogens is 370 g/mol. The summed E-state index contributed by atoms with van der Waals surface area (Å²) in [4.78, 5) is 24.1. The van der Waals surface area contributed by atoms with Gasteiger partial charge >= 0.3 is 0 Å². The molecule has 0 saturated heterocycles. The average molecular weight is 394 g/mol. The van der Waals surface area contributed by atoms with Crippen LogP contribution in [0.4, 0.5) is 5.69 Å². The van der Waals surface area contributed by atoms with E-state index < -0.39 is 10.8 Å². The molecule has 2 aromatic rings. The summed E-state index contributed by atoms with van der Waals surface area (Å²) in [7, 11) is -0.946. The van der Waals surface area contributed by atoms with Crippen LogP contribution in [0.3, 0.4) is 0 Å². The highest BCUT2D eigenvalue weighted by Crippen LogP contribution is 2.37. The van der Waals surface area contributed by atoms with E-state index in [2.05, 4.69) is 31.0 Å². The van der Waals surface area contributed by atoms with Crippen molar-refractivity contribution in [3.05, 3.63) is 58.7 Å². The third kappa shape index (κ3) is 4.23. The van der Waals surface area contributed by atoms with Gasteiger partial charge in [-0.3, -0.25) is 13.8 Å². The number of amides is 1. The highest BCUT2D eigenvalue weighted by atomic mass is 32.2. The first kappa shape index (κ1) is 20.0. The Morgan fingerprint density at radius 2 is 1.68 bits per heavy atom. The molecule has 0 spiro atoms. The van der Waals surface area contributed by atoms with Gasteiger partial charge in [-0.05, 0) is 60.7 Å². The maximum atomic E-state index is 12.3. The predicted molar refractivity (Wildman–Crippen MR) is 112 cm³/mol. The smallest absolute Gasteiger partial charge is 0.221 e. The lowest BCUT2D eigenvalue weighted by Gasteiger charge is -2.31. The number of anilines is 1. The van der Waals surface area contributed by atoms with Gasteiger partial charge in [-0.25, -0.2) is 0 Å². The Bertz CT molecular complexity index is 1060. The van der Waals surface area contributed by atoms with E-state index >= 15 is 0 Å². The number of carbonyl (C=O) groups excluding carboxylic acids is 2. The average Bonchev–Trinajstić information content (AvgIpc) is 2.63. The lowest BCUT2D eigenvalue weighted by atomic mass is 9.81. The fourth-order valence-corrected chi connectivity index (χ4v) is 5.01. The summed E-state index contributed by atoms with van der Waals surface area (Å²) in [6.07, 6.45) is 0.885. The first-order valence-electron chi connectivity index (χ1n) is 9.15. The van der Waals surface area contributed by atoms with Crippen LogP contribution in [0, 0.1) is 11.8 Å². The summed E-state index contributed by atoms with van der Waals surface area (Å²) >= 11 is 0. The largest absolute Gasteiger partial charge is 0.326 e. The molecule has 0 bridgehead atoms. The van der Waals surface area contributed by atoms with Crippen molar-refractivity contribution in [2.45, 2.75) is 44.4 Å². The molecular formula is C23H23NO3S. The van der Waals surface area contributed by atoms with Gasteiger partial charge in [0.15, 0.2) is 5.78 Å². The van der Waals surface area contributed by atoms with Crippen LogP contribution in [0.5, 0.6) is 0 Å². The minimum Gasteiger partial charge on any atom is -0.326 e. The van der Waals surface area contributed by atoms with Gasteiger partial charge in [0.25, 0.3) is 0 Å². The lowest BCUT2D eigenvalue weighted by Crippen LogP contribution is -2.27. The predicted octanol–water partition coefficient (Wildman–Crippen LogP) is 4.04. The van der Waals surface area contributed by atoms with E-state index in [-0.39, 0.29) is 17.1 Å². The number of rotatable bonds is 2. The minimum atomic E-state index is -0.946. The van der Waals surface area contributed by atoms with Gasteiger partial charge in [-0.15, -0.1) is 0 Å². The molecule has 1 heterocycles.